The van der Waals surface area contributed by atoms with Gasteiger partial charge in [-0.3, -0.25) is 4.79 Å². The number of aryl methyl sites for hydroxylation is 2. The molecule has 0 radical (unpaired) electrons. The fourth-order valence-electron chi connectivity index (χ4n) is 4.27. The van der Waals surface area contributed by atoms with Gasteiger partial charge in [0.25, 0.3) is 0 Å². The molecule has 0 aliphatic carbocycles. The zero-order chi connectivity index (χ0) is 22.9. The van der Waals surface area contributed by atoms with Crippen LogP contribution in [0, 0.1) is 13.8 Å². The van der Waals surface area contributed by atoms with E-state index in [0.717, 1.165) is 24.6 Å². The Kier molecular flexibility index (Phi) is 6.34. The van der Waals surface area contributed by atoms with E-state index in [2.05, 4.69) is 20.1 Å². The lowest BCUT2D eigenvalue weighted by Gasteiger charge is -2.34. The van der Waals surface area contributed by atoms with Crippen molar-refractivity contribution in [3.8, 4) is 0 Å². The number of hydrogen-bond donors (Lipinski definition) is 1. The molecule has 0 saturated carbocycles. The monoisotopic (exact) mass is 458 g/mol. The highest BCUT2D eigenvalue weighted by atomic mass is 32.2. The fourth-order valence-corrected chi connectivity index (χ4v) is 5.90. The Morgan fingerprint density at radius 1 is 0.938 bits per heavy atom. The second kappa shape index (κ2) is 9.03. The number of nitrogens with zero attached hydrogens (tertiary/aromatic N) is 5. The molecule has 1 N–H and O–H groups in total. The van der Waals surface area contributed by atoms with Crippen LogP contribution in [-0.4, -0.2) is 67.9 Å². The summed E-state index contributed by atoms with van der Waals surface area (Å²) in [7, 11) is -3.63. The van der Waals surface area contributed by atoms with Crippen molar-refractivity contribution in [3.05, 3.63) is 35.5 Å². The van der Waals surface area contributed by atoms with E-state index in [9.17, 15) is 13.2 Å². The molecule has 2 saturated heterocycles. The molecular formula is C22H30N6O3S. The maximum atomic E-state index is 13.2. The number of nitrogens with one attached hydrogen (secondary N) is 1. The summed E-state index contributed by atoms with van der Waals surface area (Å²) in [6.45, 7) is 8.97. The lowest BCUT2D eigenvalue weighted by molar-refractivity contribution is -0.114. The highest BCUT2D eigenvalue weighted by Crippen LogP contribution is 2.26. The summed E-state index contributed by atoms with van der Waals surface area (Å²) >= 11 is 0. The van der Waals surface area contributed by atoms with Gasteiger partial charge in [0.05, 0.1) is 4.90 Å². The summed E-state index contributed by atoms with van der Waals surface area (Å²) in [6.07, 6.45) is 2.36. The SMILES string of the molecule is CC(=O)Nc1ccc(S(=O)(=O)N2CCN(c3nc(C)cc(N4CCCC4)n3)CC2)c(C)c1. The zero-order valence-electron chi connectivity index (χ0n) is 18.8. The van der Waals surface area contributed by atoms with Crippen LogP contribution in [0.5, 0.6) is 0 Å². The molecule has 2 aliphatic rings. The van der Waals surface area contributed by atoms with Crippen molar-refractivity contribution in [3.63, 3.8) is 0 Å². The van der Waals surface area contributed by atoms with E-state index in [4.69, 9.17) is 4.98 Å². The van der Waals surface area contributed by atoms with Gasteiger partial charge in [-0.05, 0) is 50.5 Å². The van der Waals surface area contributed by atoms with Gasteiger partial charge in [0, 0.05) is 63.6 Å². The third kappa shape index (κ3) is 4.71. The molecule has 0 atom stereocenters. The molecule has 0 bridgehead atoms. The maximum Gasteiger partial charge on any atom is 0.243 e. The Labute approximate surface area is 189 Å². The molecule has 172 valence electrons. The molecule has 9 nitrogen and oxygen atoms in total. The fraction of sp³-hybridized carbons (Fsp3) is 0.500. The first-order chi connectivity index (χ1) is 15.2. The van der Waals surface area contributed by atoms with Gasteiger partial charge in [-0.2, -0.15) is 9.29 Å². The molecule has 32 heavy (non-hydrogen) atoms. The number of carbonyl (C=O) groups is 1. The third-order valence-electron chi connectivity index (χ3n) is 5.89. The average molecular weight is 459 g/mol. The number of rotatable bonds is 5. The number of anilines is 3. The van der Waals surface area contributed by atoms with Crippen molar-refractivity contribution in [2.75, 3.05) is 54.4 Å². The summed E-state index contributed by atoms with van der Waals surface area (Å²) in [4.78, 5) is 25.3. The van der Waals surface area contributed by atoms with Crippen molar-refractivity contribution >= 4 is 33.4 Å². The van der Waals surface area contributed by atoms with Gasteiger partial charge in [-0.25, -0.2) is 13.4 Å². The maximum absolute atomic E-state index is 13.2. The van der Waals surface area contributed by atoms with Crippen molar-refractivity contribution in [2.24, 2.45) is 0 Å². The van der Waals surface area contributed by atoms with E-state index in [-0.39, 0.29) is 10.8 Å². The number of amides is 1. The van der Waals surface area contributed by atoms with Crippen LogP contribution in [-0.2, 0) is 14.8 Å². The molecule has 3 heterocycles. The molecule has 1 amide bonds. The predicted molar refractivity (Wildman–Crippen MR) is 125 cm³/mol. The lowest BCUT2D eigenvalue weighted by Crippen LogP contribution is -2.49. The molecule has 0 spiro atoms. The van der Waals surface area contributed by atoms with E-state index < -0.39 is 10.0 Å². The summed E-state index contributed by atoms with van der Waals surface area (Å²) < 4.78 is 28.0. The summed E-state index contributed by atoms with van der Waals surface area (Å²) in [6, 6.07) is 6.89. The second-order valence-corrected chi connectivity index (χ2v) is 10.3. The molecule has 4 rings (SSSR count). The van der Waals surface area contributed by atoms with Gasteiger partial charge in [-0.15, -0.1) is 0 Å². The highest BCUT2D eigenvalue weighted by Gasteiger charge is 2.31. The molecule has 2 aromatic rings. The number of carbonyl (C=O) groups excluding carboxylic acids is 1. The lowest BCUT2D eigenvalue weighted by atomic mass is 10.2. The average Bonchev–Trinajstić information content (AvgIpc) is 3.28. The number of benzene rings is 1. The van der Waals surface area contributed by atoms with Crippen LogP contribution in [0.3, 0.4) is 0 Å². The number of aromatic nitrogens is 2. The van der Waals surface area contributed by atoms with Crippen LogP contribution in [0.25, 0.3) is 0 Å². The van der Waals surface area contributed by atoms with Crippen molar-refractivity contribution in [2.45, 2.75) is 38.5 Å². The molecule has 10 heteroatoms. The van der Waals surface area contributed by atoms with Gasteiger partial charge in [0.15, 0.2) is 0 Å². The standard InChI is InChI=1S/C22H30N6O3S/c1-16-14-19(24-18(3)29)6-7-20(16)32(30,31)28-12-10-27(11-13-28)22-23-17(2)15-21(25-22)26-8-4-5-9-26/h6-7,14-15H,4-5,8-13H2,1-3H3,(H,24,29). The molecule has 0 unspecified atom stereocenters. The number of hydrogen-bond acceptors (Lipinski definition) is 7. The van der Waals surface area contributed by atoms with E-state index >= 15 is 0 Å². The first-order valence-corrected chi connectivity index (χ1v) is 12.4. The van der Waals surface area contributed by atoms with E-state index in [1.54, 1.807) is 25.1 Å². The number of piperazine rings is 1. The molecular weight excluding hydrogens is 428 g/mol. The normalized spacial score (nSPS) is 17.6. The summed E-state index contributed by atoms with van der Waals surface area (Å²) in [5.41, 5.74) is 2.11. The molecule has 2 aliphatic heterocycles. The third-order valence-corrected chi connectivity index (χ3v) is 7.95. The van der Waals surface area contributed by atoms with Gasteiger partial charge in [0.2, 0.25) is 21.9 Å². The summed E-state index contributed by atoms with van der Waals surface area (Å²) in [5.74, 6) is 1.43. The van der Waals surface area contributed by atoms with Crippen molar-refractivity contribution in [1.29, 1.82) is 0 Å². The number of sulfonamides is 1. The highest BCUT2D eigenvalue weighted by molar-refractivity contribution is 7.89. The first-order valence-electron chi connectivity index (χ1n) is 11.0. The van der Waals surface area contributed by atoms with Gasteiger partial charge in [-0.1, -0.05) is 0 Å². The Morgan fingerprint density at radius 2 is 1.62 bits per heavy atom. The van der Waals surface area contributed by atoms with Crippen LogP contribution in [0.15, 0.2) is 29.2 Å². The van der Waals surface area contributed by atoms with Crippen molar-refractivity contribution < 1.29 is 13.2 Å². The Morgan fingerprint density at radius 3 is 2.25 bits per heavy atom. The van der Waals surface area contributed by atoms with Crippen LogP contribution < -0.4 is 15.1 Å². The minimum atomic E-state index is -3.63. The molecule has 1 aromatic heterocycles. The van der Waals surface area contributed by atoms with Crippen LogP contribution in [0.1, 0.15) is 31.0 Å². The van der Waals surface area contributed by atoms with Gasteiger partial charge >= 0.3 is 0 Å². The van der Waals surface area contributed by atoms with Gasteiger partial charge in [0.1, 0.15) is 5.82 Å². The zero-order valence-corrected chi connectivity index (χ0v) is 19.7. The smallest absolute Gasteiger partial charge is 0.243 e. The van der Waals surface area contributed by atoms with E-state index in [0.29, 0.717) is 43.4 Å². The van der Waals surface area contributed by atoms with Crippen LogP contribution in [0.2, 0.25) is 0 Å². The first kappa shape index (κ1) is 22.5. The largest absolute Gasteiger partial charge is 0.356 e. The minimum Gasteiger partial charge on any atom is -0.356 e. The Balaban J connectivity index is 1.47. The quantitative estimate of drug-likeness (QED) is 0.733. The Bertz CT molecular complexity index is 1110. The Hall–Kier alpha value is -2.72. The van der Waals surface area contributed by atoms with Crippen LogP contribution >= 0.6 is 0 Å². The topological polar surface area (TPSA) is 98.7 Å². The molecule has 1 aromatic carbocycles. The van der Waals surface area contributed by atoms with E-state index in [1.165, 1.54) is 24.1 Å². The van der Waals surface area contributed by atoms with Gasteiger partial charge < -0.3 is 15.1 Å². The van der Waals surface area contributed by atoms with E-state index in [1.807, 2.05) is 13.0 Å². The molecule has 2 fully saturated rings. The second-order valence-electron chi connectivity index (χ2n) is 8.41. The van der Waals surface area contributed by atoms with Crippen LogP contribution in [0.4, 0.5) is 17.5 Å². The van der Waals surface area contributed by atoms with Crippen molar-refractivity contribution in [1.82, 2.24) is 14.3 Å². The predicted octanol–water partition coefficient (Wildman–Crippen LogP) is 2.16. The minimum absolute atomic E-state index is 0.192. The summed E-state index contributed by atoms with van der Waals surface area (Å²) in [5, 5.41) is 2.69.